The molecule has 0 unspecified atom stereocenters. The molecule has 0 aromatic carbocycles. The van der Waals surface area contributed by atoms with Gasteiger partial charge < -0.3 is 37.2 Å². The third kappa shape index (κ3) is 6.68. The minimum atomic E-state index is -1.61. The molecule has 8 N–H and O–H groups in total. The summed E-state index contributed by atoms with van der Waals surface area (Å²) in [5.41, 5.74) is 11.0. The average molecular weight is 415 g/mol. The molecule has 0 radical (unpaired) electrons. The zero-order chi connectivity index (χ0) is 22.3. The Morgan fingerprint density at radius 1 is 1.14 bits per heavy atom. The van der Waals surface area contributed by atoms with E-state index in [4.69, 9.17) is 21.7 Å². The van der Waals surface area contributed by atoms with E-state index in [-0.39, 0.29) is 11.8 Å². The largest absolute Gasteiger partial charge is 0.480 e. The van der Waals surface area contributed by atoms with Gasteiger partial charge in [-0.15, -0.1) is 0 Å². The lowest BCUT2D eigenvalue weighted by atomic mass is 10.0. The summed E-state index contributed by atoms with van der Waals surface area (Å²) in [6.45, 7) is 3.01. The van der Waals surface area contributed by atoms with Gasteiger partial charge in [0.15, 0.2) is 0 Å². The molecule has 12 nitrogen and oxygen atoms in total. The second kappa shape index (κ2) is 10.7. The van der Waals surface area contributed by atoms with Gasteiger partial charge in [-0.1, -0.05) is 13.8 Å². The van der Waals surface area contributed by atoms with Crippen LogP contribution >= 0.6 is 0 Å². The molecule has 4 amide bonds. The van der Waals surface area contributed by atoms with E-state index in [1.54, 1.807) is 13.8 Å². The molecule has 12 heteroatoms. The summed E-state index contributed by atoms with van der Waals surface area (Å²) < 4.78 is 0. The third-order valence-corrected chi connectivity index (χ3v) is 4.68. The topological polar surface area (TPSA) is 205 Å². The first-order chi connectivity index (χ1) is 13.5. The van der Waals surface area contributed by atoms with Crippen LogP contribution in [-0.2, 0) is 24.0 Å². The maximum absolute atomic E-state index is 12.7. The molecule has 1 fully saturated rings. The van der Waals surface area contributed by atoms with E-state index in [0.717, 1.165) is 0 Å². The van der Waals surface area contributed by atoms with Crippen LogP contribution in [-0.4, -0.2) is 82.0 Å². The van der Waals surface area contributed by atoms with Gasteiger partial charge in [-0.3, -0.25) is 19.2 Å². The number of carboxylic acids is 1. The van der Waals surface area contributed by atoms with Crippen molar-refractivity contribution in [2.45, 2.75) is 57.3 Å². The van der Waals surface area contributed by atoms with Crippen molar-refractivity contribution in [2.75, 3.05) is 13.2 Å². The number of aliphatic hydroxyl groups excluding tert-OH is 1. The lowest BCUT2D eigenvalue weighted by molar-refractivity contribution is -0.144. The monoisotopic (exact) mass is 415 g/mol. The van der Waals surface area contributed by atoms with Crippen LogP contribution in [0, 0.1) is 5.92 Å². The number of rotatable bonds is 10. The Morgan fingerprint density at radius 2 is 1.76 bits per heavy atom. The molecule has 4 atom stereocenters. The molecule has 1 heterocycles. The van der Waals surface area contributed by atoms with Crippen LogP contribution in [0.25, 0.3) is 0 Å². The quantitative estimate of drug-likeness (QED) is 0.215. The standard InChI is InChI=1S/C17H29N5O7/c1-8(2)13(19)16(27)22-5-3-4-11(22)15(26)20-9(6-12(18)24)14(25)21-10(7-23)17(28)29/h8-11,13,23H,3-7,19H2,1-2H3,(H2,18,24)(H,20,26)(H,21,25)(H,28,29)/t9-,10-,11-,13-/m0/s1. The zero-order valence-electron chi connectivity index (χ0n) is 16.5. The summed E-state index contributed by atoms with van der Waals surface area (Å²) in [5, 5.41) is 22.3. The molecular weight excluding hydrogens is 386 g/mol. The molecule has 1 saturated heterocycles. The van der Waals surface area contributed by atoms with Crippen molar-refractivity contribution in [3.63, 3.8) is 0 Å². The van der Waals surface area contributed by atoms with E-state index in [2.05, 4.69) is 5.32 Å². The van der Waals surface area contributed by atoms with Crippen LogP contribution in [0.1, 0.15) is 33.1 Å². The van der Waals surface area contributed by atoms with Crippen LogP contribution in [0.5, 0.6) is 0 Å². The first kappa shape index (κ1) is 24.3. The molecule has 0 aromatic rings. The SMILES string of the molecule is CC(C)[C@H](N)C(=O)N1CCC[C@H]1C(=O)N[C@@H](CC(N)=O)C(=O)N[C@@H](CO)C(=O)O. The van der Waals surface area contributed by atoms with E-state index in [9.17, 15) is 24.0 Å². The fraction of sp³-hybridized carbons (Fsp3) is 0.706. The normalized spacial score (nSPS) is 19.3. The molecule has 29 heavy (non-hydrogen) atoms. The van der Waals surface area contributed by atoms with Crippen LogP contribution in [0.15, 0.2) is 0 Å². The average Bonchev–Trinajstić information content (AvgIpc) is 3.13. The number of hydrogen-bond donors (Lipinski definition) is 6. The Hall–Kier alpha value is -2.73. The van der Waals surface area contributed by atoms with Crippen molar-refractivity contribution in [3.8, 4) is 0 Å². The van der Waals surface area contributed by atoms with Gasteiger partial charge in [-0.2, -0.15) is 0 Å². The maximum atomic E-state index is 12.7. The van der Waals surface area contributed by atoms with Crippen LogP contribution < -0.4 is 22.1 Å². The highest BCUT2D eigenvalue weighted by atomic mass is 16.4. The third-order valence-electron chi connectivity index (χ3n) is 4.68. The highest BCUT2D eigenvalue weighted by molar-refractivity contribution is 5.96. The van der Waals surface area contributed by atoms with Gasteiger partial charge in [0.2, 0.25) is 23.6 Å². The number of nitrogens with zero attached hydrogens (tertiary/aromatic N) is 1. The van der Waals surface area contributed by atoms with Crippen molar-refractivity contribution in [1.82, 2.24) is 15.5 Å². The summed E-state index contributed by atoms with van der Waals surface area (Å²) in [7, 11) is 0. The van der Waals surface area contributed by atoms with E-state index in [1.165, 1.54) is 4.90 Å². The maximum Gasteiger partial charge on any atom is 0.328 e. The van der Waals surface area contributed by atoms with E-state index in [0.29, 0.717) is 19.4 Å². The van der Waals surface area contributed by atoms with Crippen molar-refractivity contribution >= 4 is 29.6 Å². The predicted molar refractivity (Wildman–Crippen MR) is 99.9 cm³/mol. The number of primary amides is 1. The molecule has 0 bridgehead atoms. The number of aliphatic carboxylic acids is 1. The highest BCUT2D eigenvalue weighted by Crippen LogP contribution is 2.20. The van der Waals surface area contributed by atoms with Gasteiger partial charge in [0, 0.05) is 6.54 Å². The number of amides is 4. The Kier molecular flexibility index (Phi) is 8.98. The lowest BCUT2D eigenvalue weighted by Crippen LogP contribution is -2.58. The highest BCUT2D eigenvalue weighted by Gasteiger charge is 2.38. The van der Waals surface area contributed by atoms with Gasteiger partial charge in [0.1, 0.15) is 18.1 Å². The van der Waals surface area contributed by atoms with Crippen molar-refractivity contribution in [1.29, 1.82) is 0 Å². The number of likely N-dealkylation sites (tertiary alicyclic amines) is 1. The molecule has 0 aliphatic carbocycles. The number of carbonyl (C=O) groups excluding carboxylic acids is 4. The van der Waals surface area contributed by atoms with Crippen molar-refractivity contribution in [3.05, 3.63) is 0 Å². The second-order valence-electron chi connectivity index (χ2n) is 7.27. The summed E-state index contributed by atoms with van der Waals surface area (Å²) in [4.78, 5) is 61.1. The first-order valence-corrected chi connectivity index (χ1v) is 9.28. The van der Waals surface area contributed by atoms with E-state index < -0.39 is 60.9 Å². The summed E-state index contributed by atoms with van der Waals surface area (Å²) >= 11 is 0. The first-order valence-electron chi connectivity index (χ1n) is 9.28. The van der Waals surface area contributed by atoms with Gasteiger partial charge in [0.25, 0.3) is 0 Å². The Labute approximate surface area is 168 Å². The fourth-order valence-corrected chi connectivity index (χ4v) is 2.92. The number of hydrogen-bond acceptors (Lipinski definition) is 7. The van der Waals surface area contributed by atoms with Crippen molar-refractivity contribution in [2.24, 2.45) is 17.4 Å². The lowest BCUT2D eigenvalue weighted by Gasteiger charge is -2.29. The summed E-state index contributed by atoms with van der Waals surface area (Å²) in [6.07, 6.45) is 0.329. The van der Waals surface area contributed by atoms with Crippen LogP contribution in [0.2, 0.25) is 0 Å². The number of aliphatic hydroxyl groups is 1. The summed E-state index contributed by atoms with van der Waals surface area (Å²) in [6, 6.07) is -4.72. The fourth-order valence-electron chi connectivity index (χ4n) is 2.92. The minimum absolute atomic E-state index is 0.133. The number of nitrogens with one attached hydrogen (secondary N) is 2. The van der Waals surface area contributed by atoms with Crippen molar-refractivity contribution < 1.29 is 34.2 Å². The Bertz CT molecular complexity index is 654. The smallest absolute Gasteiger partial charge is 0.328 e. The Balaban J connectivity index is 2.91. The summed E-state index contributed by atoms with van der Waals surface area (Å²) in [5.74, 6) is -4.58. The minimum Gasteiger partial charge on any atom is -0.480 e. The van der Waals surface area contributed by atoms with Crippen LogP contribution in [0.4, 0.5) is 0 Å². The molecule has 1 aliphatic heterocycles. The molecule has 0 saturated carbocycles. The van der Waals surface area contributed by atoms with Crippen LogP contribution in [0.3, 0.4) is 0 Å². The molecule has 0 aromatic heterocycles. The molecule has 164 valence electrons. The molecule has 1 rings (SSSR count). The number of nitrogens with two attached hydrogens (primary N) is 2. The molecule has 1 aliphatic rings. The molecule has 0 spiro atoms. The van der Waals surface area contributed by atoms with Gasteiger partial charge in [0.05, 0.1) is 19.1 Å². The number of carbonyl (C=O) groups is 5. The van der Waals surface area contributed by atoms with E-state index >= 15 is 0 Å². The molecular formula is C17H29N5O7. The Morgan fingerprint density at radius 3 is 2.24 bits per heavy atom. The van der Waals surface area contributed by atoms with E-state index in [1.807, 2.05) is 5.32 Å². The van der Waals surface area contributed by atoms with Gasteiger partial charge in [-0.05, 0) is 18.8 Å². The zero-order valence-corrected chi connectivity index (χ0v) is 16.5. The van der Waals surface area contributed by atoms with Gasteiger partial charge >= 0.3 is 5.97 Å². The van der Waals surface area contributed by atoms with Gasteiger partial charge in [-0.25, -0.2) is 4.79 Å². The second-order valence-corrected chi connectivity index (χ2v) is 7.27. The predicted octanol–water partition coefficient (Wildman–Crippen LogP) is -3.12. The number of carboxylic acid groups (broad SMARTS) is 1.